The van der Waals surface area contributed by atoms with Gasteiger partial charge in [-0.05, 0) is 55.2 Å². The summed E-state index contributed by atoms with van der Waals surface area (Å²) in [5, 5.41) is 2.63. The second-order valence-corrected chi connectivity index (χ2v) is 10.3. The number of sulfonamides is 1. The van der Waals surface area contributed by atoms with Gasteiger partial charge in [0.25, 0.3) is 15.9 Å². The third-order valence-corrected chi connectivity index (χ3v) is 7.91. The predicted octanol–water partition coefficient (Wildman–Crippen LogP) is 3.61. The third-order valence-electron chi connectivity index (χ3n) is 6.10. The smallest absolute Gasteiger partial charge is 0.264 e. The molecule has 1 aliphatic heterocycles. The van der Waals surface area contributed by atoms with Gasteiger partial charge < -0.3 is 10.2 Å². The fraction of sp³-hybridized carbons (Fsp3) is 0.259. The van der Waals surface area contributed by atoms with Crippen molar-refractivity contribution in [1.29, 1.82) is 0 Å². The minimum Gasteiger partial charge on any atom is -0.343 e. The normalized spacial score (nSPS) is 13.1. The van der Waals surface area contributed by atoms with E-state index in [1.807, 2.05) is 61.5 Å². The first-order valence-electron chi connectivity index (χ1n) is 11.7. The molecule has 35 heavy (non-hydrogen) atoms. The van der Waals surface area contributed by atoms with Gasteiger partial charge in [0.2, 0.25) is 5.91 Å². The zero-order valence-corrected chi connectivity index (χ0v) is 20.5. The number of likely N-dealkylation sites (N-methyl/N-ethyl adjacent to an activating group) is 1. The molecular formula is C27H29N3O4S. The quantitative estimate of drug-likeness (QED) is 0.522. The Morgan fingerprint density at radius 1 is 0.971 bits per heavy atom. The maximum absolute atomic E-state index is 13.4. The lowest BCUT2D eigenvalue weighted by molar-refractivity contribution is -0.130. The van der Waals surface area contributed by atoms with Crippen LogP contribution in [-0.4, -0.2) is 44.8 Å². The molecule has 0 aromatic heterocycles. The Morgan fingerprint density at radius 2 is 1.71 bits per heavy atom. The molecule has 0 saturated carbocycles. The number of hydrogen-bond acceptors (Lipinski definition) is 4. The highest BCUT2D eigenvalue weighted by molar-refractivity contribution is 7.92. The topological polar surface area (TPSA) is 86.8 Å². The predicted molar refractivity (Wildman–Crippen MR) is 136 cm³/mol. The zero-order valence-electron chi connectivity index (χ0n) is 19.7. The Labute approximate surface area is 206 Å². The molecule has 0 unspecified atom stereocenters. The van der Waals surface area contributed by atoms with Crippen molar-refractivity contribution in [3.05, 3.63) is 95.6 Å². The highest BCUT2D eigenvalue weighted by atomic mass is 32.2. The van der Waals surface area contributed by atoms with Crippen LogP contribution in [0.4, 0.5) is 5.69 Å². The van der Waals surface area contributed by atoms with Gasteiger partial charge in [0.15, 0.2) is 0 Å². The Kier molecular flexibility index (Phi) is 7.51. The Bertz CT molecular complexity index is 1310. The van der Waals surface area contributed by atoms with E-state index in [1.54, 1.807) is 17.0 Å². The molecule has 182 valence electrons. The summed E-state index contributed by atoms with van der Waals surface area (Å²) in [4.78, 5) is 27.2. The molecule has 4 rings (SSSR count). The third kappa shape index (κ3) is 5.54. The van der Waals surface area contributed by atoms with E-state index in [1.165, 1.54) is 16.4 Å². The molecule has 0 saturated heterocycles. The van der Waals surface area contributed by atoms with Crippen molar-refractivity contribution in [2.45, 2.75) is 31.2 Å². The van der Waals surface area contributed by atoms with Crippen molar-refractivity contribution in [3.63, 3.8) is 0 Å². The number of benzene rings is 3. The number of para-hydroxylation sites is 1. The average Bonchev–Trinajstić information content (AvgIpc) is 2.90. The average molecular weight is 492 g/mol. The second-order valence-electron chi connectivity index (χ2n) is 8.41. The van der Waals surface area contributed by atoms with Crippen LogP contribution in [0.2, 0.25) is 0 Å². The maximum Gasteiger partial charge on any atom is 0.264 e. The van der Waals surface area contributed by atoms with Gasteiger partial charge in [-0.2, -0.15) is 0 Å². The van der Waals surface area contributed by atoms with E-state index < -0.39 is 15.9 Å². The first kappa shape index (κ1) is 24.5. The summed E-state index contributed by atoms with van der Waals surface area (Å²) >= 11 is 0. The van der Waals surface area contributed by atoms with Crippen molar-refractivity contribution in [2.75, 3.05) is 23.9 Å². The molecule has 7 nitrogen and oxygen atoms in total. The Morgan fingerprint density at radius 3 is 2.49 bits per heavy atom. The molecule has 1 N–H and O–H groups in total. The summed E-state index contributed by atoms with van der Waals surface area (Å²) in [6.45, 7) is 3.07. The lowest BCUT2D eigenvalue weighted by Gasteiger charge is -2.30. The van der Waals surface area contributed by atoms with Gasteiger partial charge in [-0.15, -0.1) is 0 Å². The van der Waals surface area contributed by atoms with Crippen LogP contribution < -0.4 is 9.62 Å². The maximum atomic E-state index is 13.4. The molecule has 2 amide bonds. The number of carbonyl (C=O) groups excluding carboxylic acids is 2. The van der Waals surface area contributed by atoms with E-state index in [2.05, 4.69) is 5.32 Å². The number of fused-ring (bicyclic) bond motifs is 1. The molecule has 8 heteroatoms. The van der Waals surface area contributed by atoms with Gasteiger partial charge in [-0.25, -0.2) is 8.42 Å². The van der Waals surface area contributed by atoms with E-state index in [9.17, 15) is 18.0 Å². The van der Waals surface area contributed by atoms with Gasteiger partial charge in [-0.3, -0.25) is 13.9 Å². The van der Waals surface area contributed by atoms with Crippen molar-refractivity contribution >= 4 is 27.5 Å². The van der Waals surface area contributed by atoms with Crippen LogP contribution >= 0.6 is 0 Å². The van der Waals surface area contributed by atoms with Crippen LogP contribution in [0.15, 0.2) is 83.8 Å². The SMILES string of the molecule is CCN(Cc1ccccc1)C(=O)CNC(=O)c1cccc(S(=O)(=O)N2CCCc3ccccc32)c1. The Balaban J connectivity index is 1.45. The summed E-state index contributed by atoms with van der Waals surface area (Å²) in [5.41, 5.74) is 2.87. The molecule has 0 radical (unpaired) electrons. The van der Waals surface area contributed by atoms with Crippen LogP contribution in [0.1, 0.15) is 34.8 Å². The molecule has 3 aromatic carbocycles. The van der Waals surface area contributed by atoms with Crippen molar-refractivity contribution in [2.24, 2.45) is 0 Å². The number of nitrogens with zero attached hydrogens (tertiary/aromatic N) is 2. The number of nitrogens with one attached hydrogen (secondary N) is 1. The molecule has 0 spiro atoms. The number of anilines is 1. The summed E-state index contributed by atoms with van der Waals surface area (Å²) < 4.78 is 28.3. The van der Waals surface area contributed by atoms with Crippen LogP contribution in [0.3, 0.4) is 0 Å². The standard InChI is InChI=1S/C27H29N3O4S/c1-2-29(20-21-10-4-3-5-11-21)26(31)19-28-27(32)23-13-8-15-24(18-23)35(33,34)30-17-9-14-22-12-6-7-16-25(22)30/h3-8,10-13,15-16,18H,2,9,14,17,19-20H2,1H3,(H,28,32). The van der Waals surface area contributed by atoms with Crippen LogP contribution in [-0.2, 0) is 27.8 Å². The van der Waals surface area contributed by atoms with E-state index in [0.717, 1.165) is 24.0 Å². The fourth-order valence-electron chi connectivity index (χ4n) is 4.22. The van der Waals surface area contributed by atoms with Crippen molar-refractivity contribution < 1.29 is 18.0 Å². The number of hydrogen-bond donors (Lipinski definition) is 1. The monoisotopic (exact) mass is 491 g/mol. The molecule has 0 aliphatic carbocycles. The molecule has 0 atom stereocenters. The van der Waals surface area contributed by atoms with Crippen LogP contribution in [0, 0.1) is 0 Å². The zero-order chi connectivity index (χ0) is 24.8. The summed E-state index contributed by atoms with van der Waals surface area (Å²) in [6, 6.07) is 23.1. The first-order chi connectivity index (χ1) is 16.9. The number of rotatable bonds is 8. The van der Waals surface area contributed by atoms with Crippen molar-refractivity contribution in [1.82, 2.24) is 10.2 Å². The van der Waals surface area contributed by atoms with E-state index >= 15 is 0 Å². The molecule has 3 aromatic rings. The second kappa shape index (κ2) is 10.7. The van der Waals surface area contributed by atoms with Gasteiger partial charge in [0, 0.05) is 25.2 Å². The lowest BCUT2D eigenvalue weighted by Crippen LogP contribution is -2.40. The van der Waals surface area contributed by atoms with Crippen LogP contribution in [0.5, 0.6) is 0 Å². The summed E-state index contributed by atoms with van der Waals surface area (Å²) in [5.74, 6) is -0.705. The number of aryl methyl sites for hydroxylation is 1. The van der Waals surface area contributed by atoms with E-state index in [-0.39, 0.29) is 22.9 Å². The van der Waals surface area contributed by atoms with E-state index in [4.69, 9.17) is 0 Å². The highest BCUT2D eigenvalue weighted by Gasteiger charge is 2.29. The molecular weight excluding hydrogens is 462 g/mol. The highest BCUT2D eigenvalue weighted by Crippen LogP contribution is 2.31. The first-order valence-corrected chi connectivity index (χ1v) is 13.1. The molecule has 0 bridgehead atoms. The van der Waals surface area contributed by atoms with Crippen molar-refractivity contribution in [3.8, 4) is 0 Å². The van der Waals surface area contributed by atoms with Gasteiger partial charge >= 0.3 is 0 Å². The number of carbonyl (C=O) groups is 2. The number of amides is 2. The van der Waals surface area contributed by atoms with Gasteiger partial charge in [-0.1, -0.05) is 54.6 Å². The minimum atomic E-state index is -3.84. The molecule has 1 heterocycles. The fourth-order valence-corrected chi connectivity index (χ4v) is 5.81. The van der Waals surface area contributed by atoms with Gasteiger partial charge in [0.05, 0.1) is 17.1 Å². The lowest BCUT2D eigenvalue weighted by atomic mass is 10.0. The molecule has 0 fully saturated rings. The van der Waals surface area contributed by atoms with E-state index in [0.29, 0.717) is 25.3 Å². The van der Waals surface area contributed by atoms with Crippen LogP contribution in [0.25, 0.3) is 0 Å². The summed E-state index contributed by atoms with van der Waals surface area (Å²) in [6.07, 6.45) is 1.56. The Hall–Kier alpha value is -3.65. The largest absolute Gasteiger partial charge is 0.343 e. The molecule has 1 aliphatic rings. The summed E-state index contributed by atoms with van der Waals surface area (Å²) in [7, 11) is -3.84. The minimum absolute atomic E-state index is 0.0486. The van der Waals surface area contributed by atoms with Gasteiger partial charge in [0.1, 0.15) is 0 Å².